The normalized spacial score (nSPS) is 23.3. The number of benzene rings is 3. The zero-order valence-corrected chi connectivity index (χ0v) is 20.4. The van der Waals surface area contributed by atoms with Crippen molar-refractivity contribution in [3.63, 3.8) is 0 Å². The van der Waals surface area contributed by atoms with Crippen molar-refractivity contribution in [2.45, 2.75) is 18.7 Å². The van der Waals surface area contributed by atoms with Gasteiger partial charge >= 0.3 is 0 Å². The van der Waals surface area contributed by atoms with E-state index in [1.165, 1.54) is 0 Å². The first-order valence-corrected chi connectivity index (χ1v) is 11.7. The fourth-order valence-corrected chi connectivity index (χ4v) is 5.42. The number of carbonyl (C=O) groups excluding carboxylic acids is 1. The third kappa shape index (κ3) is 3.91. The van der Waals surface area contributed by atoms with Crippen molar-refractivity contribution < 1.29 is 9.53 Å². The molecule has 0 aliphatic carbocycles. The van der Waals surface area contributed by atoms with Crippen molar-refractivity contribution in [3.8, 4) is 5.75 Å². The first kappa shape index (κ1) is 22.3. The summed E-state index contributed by atoms with van der Waals surface area (Å²) in [5.74, 6) is -0.299. The summed E-state index contributed by atoms with van der Waals surface area (Å²) >= 11 is 24.3. The number of halogens is 3. The number of anilines is 2. The number of ether oxygens (including phenoxy) is 1. The van der Waals surface area contributed by atoms with Gasteiger partial charge < -0.3 is 15.4 Å². The van der Waals surface area contributed by atoms with Gasteiger partial charge in [-0.2, -0.15) is 0 Å². The minimum Gasteiger partial charge on any atom is -0.467 e. The highest BCUT2D eigenvalue weighted by Crippen LogP contribution is 2.50. The van der Waals surface area contributed by atoms with E-state index in [9.17, 15) is 4.79 Å². The average molecular weight is 519 g/mol. The number of rotatable bonds is 3. The second kappa shape index (κ2) is 8.37. The van der Waals surface area contributed by atoms with Crippen LogP contribution in [0.1, 0.15) is 18.5 Å². The Hall–Kier alpha value is -2.51. The van der Waals surface area contributed by atoms with E-state index < -0.39 is 17.7 Å². The van der Waals surface area contributed by atoms with Crippen LogP contribution >= 0.6 is 47.0 Å². The van der Waals surface area contributed by atoms with Gasteiger partial charge in [-0.05, 0) is 79.8 Å². The quantitative estimate of drug-likeness (QED) is 0.391. The first-order valence-electron chi connectivity index (χ1n) is 10.2. The maximum Gasteiger partial charge on any atom is 0.236 e. The number of hydrogen-bond acceptors (Lipinski definition) is 3. The molecular formula is C24H18Cl3N3O2S. The van der Waals surface area contributed by atoms with Crippen LogP contribution in [0.4, 0.5) is 11.4 Å². The van der Waals surface area contributed by atoms with Crippen LogP contribution in [0, 0.1) is 5.92 Å². The Morgan fingerprint density at radius 1 is 1.03 bits per heavy atom. The summed E-state index contributed by atoms with van der Waals surface area (Å²) < 4.78 is 6.53. The predicted octanol–water partition coefficient (Wildman–Crippen LogP) is 6.45. The Morgan fingerprint density at radius 3 is 2.45 bits per heavy atom. The lowest BCUT2D eigenvalue weighted by molar-refractivity contribution is -0.130. The van der Waals surface area contributed by atoms with E-state index in [0.29, 0.717) is 37.3 Å². The summed E-state index contributed by atoms with van der Waals surface area (Å²) in [5.41, 5.74) is 0.960. The van der Waals surface area contributed by atoms with E-state index in [-0.39, 0.29) is 5.91 Å². The second-order valence-corrected chi connectivity index (χ2v) is 9.75. The van der Waals surface area contributed by atoms with Crippen LogP contribution in [0.2, 0.25) is 15.1 Å². The van der Waals surface area contributed by atoms with Crippen LogP contribution in [0.3, 0.4) is 0 Å². The smallest absolute Gasteiger partial charge is 0.236 e. The third-order valence-electron chi connectivity index (χ3n) is 5.92. The second-order valence-electron chi connectivity index (χ2n) is 8.06. The number of nitrogens with zero attached hydrogens (tertiary/aromatic N) is 1. The van der Waals surface area contributed by atoms with Crippen LogP contribution in [0.5, 0.6) is 5.75 Å². The van der Waals surface area contributed by atoms with Crippen LogP contribution in [0.15, 0.2) is 66.7 Å². The molecule has 5 nitrogen and oxygen atoms in total. The molecule has 0 unspecified atom stereocenters. The minimum atomic E-state index is -1.14. The van der Waals surface area contributed by atoms with Crippen LogP contribution in [-0.4, -0.2) is 16.7 Å². The molecule has 2 N–H and O–H groups in total. The van der Waals surface area contributed by atoms with Gasteiger partial charge in [0.25, 0.3) is 0 Å². The van der Waals surface area contributed by atoms with Crippen LogP contribution < -0.4 is 20.3 Å². The maximum atomic E-state index is 13.7. The lowest BCUT2D eigenvalue weighted by Crippen LogP contribution is -2.72. The van der Waals surface area contributed by atoms with Crippen molar-refractivity contribution >= 4 is 69.4 Å². The van der Waals surface area contributed by atoms with Gasteiger partial charge in [-0.3, -0.25) is 9.69 Å². The Kier molecular flexibility index (Phi) is 5.65. The Balaban J connectivity index is 1.63. The van der Waals surface area contributed by atoms with E-state index in [2.05, 4.69) is 10.6 Å². The lowest BCUT2D eigenvalue weighted by Gasteiger charge is -2.56. The van der Waals surface area contributed by atoms with Crippen LogP contribution in [0.25, 0.3) is 0 Å². The van der Waals surface area contributed by atoms with Gasteiger partial charge in [0.05, 0.1) is 6.04 Å². The van der Waals surface area contributed by atoms with Gasteiger partial charge in [-0.1, -0.05) is 40.9 Å². The monoisotopic (exact) mass is 517 g/mol. The molecule has 0 spiro atoms. The number of fused-ring (bicyclic) bond motifs is 4. The van der Waals surface area contributed by atoms with E-state index in [1.807, 2.05) is 25.1 Å². The lowest BCUT2D eigenvalue weighted by atomic mass is 9.78. The maximum absolute atomic E-state index is 13.7. The van der Waals surface area contributed by atoms with Crippen molar-refractivity contribution in [3.05, 3.63) is 87.4 Å². The molecule has 168 valence electrons. The van der Waals surface area contributed by atoms with Crippen molar-refractivity contribution in [2.75, 3.05) is 10.2 Å². The van der Waals surface area contributed by atoms with E-state index in [4.69, 9.17) is 51.8 Å². The number of hydrogen-bond donors (Lipinski definition) is 2. The van der Waals surface area contributed by atoms with Gasteiger partial charge in [-0.25, -0.2) is 0 Å². The molecule has 1 fully saturated rings. The number of thiocarbonyl (C=S) groups is 1. The summed E-state index contributed by atoms with van der Waals surface area (Å²) in [5, 5.41) is 8.43. The molecule has 3 atom stereocenters. The minimum absolute atomic E-state index is 0.238. The fourth-order valence-electron chi connectivity index (χ4n) is 4.51. The van der Waals surface area contributed by atoms with Crippen molar-refractivity contribution in [2.24, 2.45) is 5.92 Å². The molecule has 1 saturated heterocycles. The zero-order chi connectivity index (χ0) is 23.3. The highest BCUT2D eigenvalue weighted by Gasteiger charge is 2.59. The molecule has 0 aromatic heterocycles. The van der Waals surface area contributed by atoms with Gasteiger partial charge in [0, 0.05) is 32.0 Å². The van der Waals surface area contributed by atoms with Gasteiger partial charge in [0.2, 0.25) is 5.91 Å². The molecule has 33 heavy (non-hydrogen) atoms. The largest absolute Gasteiger partial charge is 0.467 e. The third-order valence-corrected chi connectivity index (χ3v) is 6.94. The molecule has 5 rings (SSSR count). The summed E-state index contributed by atoms with van der Waals surface area (Å²) in [6.45, 7) is 1.86. The molecule has 9 heteroatoms. The summed E-state index contributed by atoms with van der Waals surface area (Å²) in [6, 6.07) is 19.1. The van der Waals surface area contributed by atoms with Gasteiger partial charge in [0.1, 0.15) is 11.7 Å². The highest BCUT2D eigenvalue weighted by atomic mass is 35.5. The van der Waals surface area contributed by atoms with E-state index in [1.54, 1.807) is 53.4 Å². The summed E-state index contributed by atoms with van der Waals surface area (Å²) in [6.07, 6.45) is 0. The van der Waals surface area contributed by atoms with Crippen molar-refractivity contribution in [1.29, 1.82) is 0 Å². The predicted molar refractivity (Wildman–Crippen MR) is 136 cm³/mol. The molecule has 0 radical (unpaired) electrons. The molecule has 0 saturated carbocycles. The summed E-state index contributed by atoms with van der Waals surface area (Å²) in [4.78, 5) is 15.5. The molecule has 2 heterocycles. The molecule has 2 bridgehead atoms. The number of nitrogens with one attached hydrogen (secondary N) is 2. The fraction of sp³-hybridized carbons (Fsp3) is 0.167. The summed E-state index contributed by atoms with van der Waals surface area (Å²) in [7, 11) is 0. The Bertz CT molecular complexity index is 1270. The highest BCUT2D eigenvalue weighted by molar-refractivity contribution is 7.80. The zero-order valence-electron chi connectivity index (χ0n) is 17.3. The Morgan fingerprint density at radius 2 is 1.73 bits per heavy atom. The number of amides is 1. The number of carbonyl (C=O) groups is 1. The molecule has 3 aromatic carbocycles. The standard InChI is InChI=1S/C24H18Cl3N3O2S/c1-24-20(22(31)28-16-8-5-13(25)6-9-16)21(18-12-15(27)7-10-19(18)32-24)29-23(33)30(24)17-4-2-3-14(26)11-17/h2-12,20-21H,1H3,(H,28,31)(H,29,33)/t20-,21-,24+/m1/s1. The van der Waals surface area contributed by atoms with Gasteiger partial charge in [0.15, 0.2) is 10.8 Å². The van der Waals surface area contributed by atoms with Crippen LogP contribution in [-0.2, 0) is 4.79 Å². The first-order chi connectivity index (χ1) is 15.8. The van der Waals surface area contributed by atoms with Gasteiger partial charge in [-0.15, -0.1) is 0 Å². The SMILES string of the molecule is C[C@@]12Oc3ccc(Cl)cc3[C@@H](NC(=S)N1c1cccc(Cl)c1)[C@@H]2C(=O)Nc1ccc(Cl)cc1. The van der Waals surface area contributed by atoms with Crippen molar-refractivity contribution in [1.82, 2.24) is 5.32 Å². The molecule has 2 aliphatic rings. The Labute approximate surface area is 211 Å². The average Bonchev–Trinajstić information content (AvgIpc) is 2.75. The molecular weight excluding hydrogens is 501 g/mol. The molecule has 1 amide bonds. The molecule has 2 aliphatic heterocycles. The topological polar surface area (TPSA) is 53.6 Å². The molecule has 3 aromatic rings. The van der Waals surface area contributed by atoms with E-state index >= 15 is 0 Å². The van der Waals surface area contributed by atoms with E-state index in [0.717, 1.165) is 5.56 Å².